The molecule has 1 aromatic carbocycles. The largest absolute Gasteiger partial charge is 0.352 e. The molecule has 1 N–H and O–H groups in total. The van der Waals surface area contributed by atoms with Gasteiger partial charge in [0.15, 0.2) is 0 Å². The van der Waals surface area contributed by atoms with Gasteiger partial charge < -0.3 is 5.32 Å². The Kier molecular flexibility index (Phi) is 4.92. The van der Waals surface area contributed by atoms with Gasteiger partial charge in [0.05, 0.1) is 11.8 Å². The molecule has 1 aromatic rings. The van der Waals surface area contributed by atoms with Gasteiger partial charge in [-0.25, -0.2) is 0 Å². The van der Waals surface area contributed by atoms with Gasteiger partial charge in [-0.2, -0.15) is 0 Å². The molecule has 5 nitrogen and oxygen atoms in total. The Morgan fingerprint density at radius 1 is 0.931 bits per heavy atom. The molecule has 3 amide bonds. The number of carbonyl (C=O) groups excluding carboxylic acids is 3. The Hall–Kier alpha value is -2.17. The second kappa shape index (κ2) is 7.58. The minimum atomic E-state index is -0.732. The molecule has 5 heteroatoms. The lowest BCUT2D eigenvalue weighted by atomic mass is 9.81. The second-order valence-corrected chi connectivity index (χ2v) is 9.48. The summed E-state index contributed by atoms with van der Waals surface area (Å²) in [6.07, 6.45) is 8.96. The molecule has 2 bridgehead atoms. The second-order valence-electron chi connectivity index (χ2n) is 9.48. The summed E-state index contributed by atoms with van der Waals surface area (Å²) in [6.45, 7) is 0. The van der Waals surface area contributed by atoms with Crippen molar-refractivity contribution in [1.29, 1.82) is 0 Å². The molecule has 4 fully saturated rings. The van der Waals surface area contributed by atoms with Crippen LogP contribution in [0.5, 0.6) is 0 Å². The fraction of sp³-hybridized carbons (Fsp3) is 0.625. The van der Waals surface area contributed by atoms with Gasteiger partial charge in [0, 0.05) is 12.5 Å². The fourth-order valence-corrected chi connectivity index (χ4v) is 6.42. The Morgan fingerprint density at radius 3 is 2.17 bits per heavy atom. The van der Waals surface area contributed by atoms with Crippen LogP contribution in [0.2, 0.25) is 0 Å². The Morgan fingerprint density at radius 2 is 1.55 bits per heavy atom. The summed E-state index contributed by atoms with van der Waals surface area (Å²) in [4.78, 5) is 41.4. The van der Waals surface area contributed by atoms with E-state index in [2.05, 4.69) is 5.32 Å². The van der Waals surface area contributed by atoms with Gasteiger partial charge in [0.1, 0.15) is 6.04 Å². The van der Waals surface area contributed by atoms with E-state index in [1.54, 1.807) is 0 Å². The summed E-state index contributed by atoms with van der Waals surface area (Å²) < 4.78 is 0. The number of fused-ring (bicyclic) bond motifs is 5. The van der Waals surface area contributed by atoms with Crippen LogP contribution in [0.1, 0.15) is 56.9 Å². The van der Waals surface area contributed by atoms with Crippen molar-refractivity contribution in [3.05, 3.63) is 35.9 Å². The van der Waals surface area contributed by atoms with E-state index in [4.69, 9.17) is 0 Å². The fourth-order valence-electron chi connectivity index (χ4n) is 6.42. The number of benzene rings is 1. The Balaban J connectivity index is 1.41. The lowest BCUT2D eigenvalue weighted by Gasteiger charge is -2.30. The number of hydrogen-bond acceptors (Lipinski definition) is 3. The van der Waals surface area contributed by atoms with E-state index in [0.717, 1.165) is 50.5 Å². The van der Waals surface area contributed by atoms with Gasteiger partial charge >= 0.3 is 0 Å². The van der Waals surface area contributed by atoms with Crippen LogP contribution in [0.25, 0.3) is 0 Å². The third-order valence-corrected chi connectivity index (χ3v) is 7.80. The number of likely N-dealkylation sites (tertiary alicyclic amines) is 1. The highest BCUT2D eigenvalue weighted by Crippen LogP contribution is 2.56. The zero-order valence-corrected chi connectivity index (χ0v) is 16.9. The van der Waals surface area contributed by atoms with E-state index in [-0.39, 0.29) is 35.6 Å². The zero-order chi connectivity index (χ0) is 20.0. The first-order chi connectivity index (χ1) is 14.1. The molecule has 0 aromatic heterocycles. The minimum Gasteiger partial charge on any atom is -0.352 e. The van der Waals surface area contributed by atoms with Crippen LogP contribution in [-0.2, 0) is 20.8 Å². The monoisotopic (exact) mass is 394 g/mol. The van der Waals surface area contributed by atoms with Gasteiger partial charge in [-0.1, -0.05) is 49.6 Å². The molecule has 29 heavy (non-hydrogen) atoms. The van der Waals surface area contributed by atoms with E-state index in [1.165, 1.54) is 11.3 Å². The van der Waals surface area contributed by atoms with Crippen molar-refractivity contribution in [2.45, 2.75) is 69.9 Å². The average Bonchev–Trinajstić information content (AvgIpc) is 3.42. The smallest absolute Gasteiger partial charge is 0.243 e. The molecule has 154 valence electrons. The van der Waals surface area contributed by atoms with Gasteiger partial charge in [-0.3, -0.25) is 19.3 Å². The molecule has 1 aliphatic heterocycles. The molecule has 5 rings (SSSR count). The topological polar surface area (TPSA) is 66.5 Å². The van der Waals surface area contributed by atoms with Crippen LogP contribution < -0.4 is 5.32 Å². The summed E-state index contributed by atoms with van der Waals surface area (Å²) in [7, 11) is 0. The molecular formula is C24H30N2O3. The number of imide groups is 1. The van der Waals surface area contributed by atoms with Crippen molar-refractivity contribution in [1.82, 2.24) is 10.2 Å². The number of nitrogens with zero attached hydrogens (tertiary/aromatic N) is 1. The first-order valence-corrected chi connectivity index (χ1v) is 11.3. The number of hydrogen-bond donors (Lipinski definition) is 1. The molecule has 3 aliphatic carbocycles. The number of rotatable bonds is 5. The van der Waals surface area contributed by atoms with Crippen molar-refractivity contribution in [3.8, 4) is 0 Å². The number of amides is 3. The molecule has 0 spiro atoms. The zero-order valence-electron chi connectivity index (χ0n) is 16.9. The highest BCUT2D eigenvalue weighted by atomic mass is 16.2. The van der Waals surface area contributed by atoms with Crippen molar-refractivity contribution in [2.24, 2.45) is 23.7 Å². The van der Waals surface area contributed by atoms with Crippen LogP contribution in [0.3, 0.4) is 0 Å². The minimum absolute atomic E-state index is 0.0908. The highest BCUT2D eigenvalue weighted by Gasteiger charge is 2.62. The summed E-state index contributed by atoms with van der Waals surface area (Å²) in [5, 5.41) is 3.18. The van der Waals surface area contributed by atoms with Crippen LogP contribution in [0, 0.1) is 23.7 Å². The number of carbonyl (C=O) groups is 3. The quantitative estimate of drug-likeness (QED) is 0.781. The van der Waals surface area contributed by atoms with E-state index in [1.807, 2.05) is 30.3 Å². The summed E-state index contributed by atoms with van der Waals surface area (Å²) >= 11 is 0. The lowest BCUT2D eigenvalue weighted by Crippen LogP contribution is -2.53. The molecule has 3 saturated carbocycles. The van der Waals surface area contributed by atoms with Crippen molar-refractivity contribution >= 4 is 17.7 Å². The summed E-state index contributed by atoms with van der Waals surface area (Å²) in [5.74, 6) is -0.0203. The number of nitrogens with one attached hydrogen (secondary N) is 1. The van der Waals surface area contributed by atoms with Crippen LogP contribution >= 0.6 is 0 Å². The van der Waals surface area contributed by atoms with Gasteiger partial charge in [0.2, 0.25) is 17.7 Å². The van der Waals surface area contributed by atoms with E-state index in [9.17, 15) is 14.4 Å². The predicted molar refractivity (Wildman–Crippen MR) is 109 cm³/mol. The first kappa shape index (κ1) is 18.8. The van der Waals surface area contributed by atoms with Crippen molar-refractivity contribution in [2.75, 3.05) is 0 Å². The maximum Gasteiger partial charge on any atom is 0.243 e. The Bertz CT molecular complexity index is 774. The lowest BCUT2D eigenvalue weighted by molar-refractivity contribution is -0.149. The highest BCUT2D eigenvalue weighted by molar-refractivity contribution is 6.09. The maximum absolute atomic E-state index is 13.3. The maximum atomic E-state index is 13.3. The molecule has 1 saturated heterocycles. The van der Waals surface area contributed by atoms with Crippen LogP contribution in [0.15, 0.2) is 30.3 Å². The SMILES string of the molecule is O=C(NC1CCCCC1)[C@H](Cc1ccccc1)N1C(=O)[C@H]2[C@H]3CC[C@@H](C3)[C@@H]2C1=O. The normalized spacial score (nSPS) is 32.5. The van der Waals surface area contributed by atoms with Crippen LogP contribution in [-0.4, -0.2) is 34.7 Å². The van der Waals surface area contributed by atoms with Gasteiger partial charge in [0.25, 0.3) is 0 Å². The standard InChI is InChI=1S/C24H30N2O3/c27-22(25-18-9-5-2-6-10-18)19(13-15-7-3-1-4-8-15)26-23(28)20-16-11-12-17(14-16)21(20)24(26)29/h1,3-4,7-8,16-21H,2,5-6,9-14H2,(H,25,27)/t16-,17-,19-,20-,21-/m0/s1. The summed E-state index contributed by atoms with van der Waals surface area (Å²) in [5.41, 5.74) is 0.983. The summed E-state index contributed by atoms with van der Waals surface area (Å²) in [6, 6.07) is 9.19. The van der Waals surface area contributed by atoms with E-state index >= 15 is 0 Å². The predicted octanol–water partition coefficient (Wildman–Crippen LogP) is 3.08. The molecule has 4 aliphatic rings. The molecule has 0 unspecified atom stereocenters. The van der Waals surface area contributed by atoms with Gasteiger partial charge in [-0.05, 0) is 49.5 Å². The molecule has 0 radical (unpaired) electrons. The third-order valence-electron chi connectivity index (χ3n) is 7.80. The van der Waals surface area contributed by atoms with Crippen molar-refractivity contribution < 1.29 is 14.4 Å². The molecular weight excluding hydrogens is 364 g/mol. The third kappa shape index (κ3) is 3.28. The van der Waals surface area contributed by atoms with Crippen molar-refractivity contribution in [3.63, 3.8) is 0 Å². The van der Waals surface area contributed by atoms with Crippen LogP contribution in [0.4, 0.5) is 0 Å². The van der Waals surface area contributed by atoms with E-state index < -0.39 is 6.04 Å². The average molecular weight is 395 g/mol. The van der Waals surface area contributed by atoms with Gasteiger partial charge in [-0.15, -0.1) is 0 Å². The van der Waals surface area contributed by atoms with E-state index in [0.29, 0.717) is 18.3 Å². The Labute approximate surface area is 172 Å². The molecule has 1 heterocycles. The first-order valence-electron chi connectivity index (χ1n) is 11.3. The molecule has 5 atom stereocenters.